The zero-order valence-electron chi connectivity index (χ0n) is 8.87. The highest BCUT2D eigenvalue weighted by atomic mass is 32.2. The van der Waals surface area contributed by atoms with E-state index in [0.717, 1.165) is 16.5 Å². The lowest BCUT2D eigenvalue weighted by atomic mass is 10.3. The van der Waals surface area contributed by atoms with Crippen molar-refractivity contribution in [3.8, 4) is 11.4 Å². The third kappa shape index (κ3) is 2.07. The minimum absolute atomic E-state index is 0.0683. The van der Waals surface area contributed by atoms with E-state index in [9.17, 15) is 0 Å². The van der Waals surface area contributed by atoms with Crippen molar-refractivity contribution in [3.63, 3.8) is 0 Å². The van der Waals surface area contributed by atoms with E-state index in [2.05, 4.69) is 15.2 Å². The second-order valence-corrected chi connectivity index (χ2v) is 3.90. The zero-order chi connectivity index (χ0) is 11.4. The quantitative estimate of drug-likeness (QED) is 0.804. The predicted octanol–water partition coefficient (Wildman–Crippen LogP) is 1.05. The van der Waals surface area contributed by atoms with Gasteiger partial charge in [0.15, 0.2) is 11.0 Å². The molecule has 0 saturated heterocycles. The van der Waals surface area contributed by atoms with Crippen molar-refractivity contribution in [2.75, 3.05) is 12.9 Å². The molecule has 5 nitrogen and oxygen atoms in total. The molecular formula is C10H12N4OS. The van der Waals surface area contributed by atoms with Crippen molar-refractivity contribution in [1.29, 1.82) is 0 Å². The molecule has 2 rings (SSSR count). The fourth-order valence-electron chi connectivity index (χ4n) is 1.45. The smallest absolute Gasteiger partial charge is 0.191 e. The lowest BCUT2D eigenvalue weighted by Gasteiger charge is -2.06. The third-order valence-electron chi connectivity index (χ3n) is 2.14. The highest BCUT2D eigenvalue weighted by Crippen LogP contribution is 2.21. The van der Waals surface area contributed by atoms with E-state index < -0.39 is 0 Å². The van der Waals surface area contributed by atoms with Crippen LogP contribution in [0.1, 0.15) is 0 Å². The lowest BCUT2D eigenvalue weighted by molar-refractivity contribution is 0.272. The van der Waals surface area contributed by atoms with E-state index >= 15 is 0 Å². The molecule has 0 aliphatic rings. The average Bonchev–Trinajstić information content (AvgIpc) is 2.74. The Morgan fingerprint density at radius 3 is 2.94 bits per heavy atom. The molecule has 0 bridgehead atoms. The van der Waals surface area contributed by atoms with Crippen molar-refractivity contribution in [2.45, 2.75) is 11.7 Å². The van der Waals surface area contributed by atoms with E-state index in [1.165, 1.54) is 11.8 Å². The topological polar surface area (TPSA) is 63.8 Å². The van der Waals surface area contributed by atoms with Gasteiger partial charge >= 0.3 is 0 Å². The van der Waals surface area contributed by atoms with E-state index in [4.69, 9.17) is 5.11 Å². The van der Waals surface area contributed by atoms with Gasteiger partial charge in [0.25, 0.3) is 0 Å². The number of hydrogen-bond acceptors (Lipinski definition) is 5. The zero-order valence-corrected chi connectivity index (χ0v) is 9.68. The Morgan fingerprint density at radius 1 is 1.44 bits per heavy atom. The maximum atomic E-state index is 9.03. The van der Waals surface area contributed by atoms with Crippen LogP contribution in [0.5, 0.6) is 0 Å². The molecule has 2 heterocycles. The maximum Gasteiger partial charge on any atom is 0.191 e. The van der Waals surface area contributed by atoms with Crippen LogP contribution in [0.25, 0.3) is 11.4 Å². The minimum atomic E-state index is 0.0683. The molecule has 2 aromatic heterocycles. The molecule has 0 amide bonds. The Bertz CT molecular complexity index is 457. The molecule has 16 heavy (non-hydrogen) atoms. The normalized spacial score (nSPS) is 10.6. The summed E-state index contributed by atoms with van der Waals surface area (Å²) >= 11 is 1.51. The van der Waals surface area contributed by atoms with Gasteiger partial charge in [0.05, 0.1) is 6.61 Å². The van der Waals surface area contributed by atoms with Crippen LogP contribution in [0.2, 0.25) is 0 Å². The average molecular weight is 236 g/mol. The lowest BCUT2D eigenvalue weighted by Crippen LogP contribution is -2.05. The molecule has 0 fully saturated rings. The Labute approximate surface area is 97.5 Å². The Hall–Kier alpha value is -1.40. The number of pyridine rings is 1. The van der Waals surface area contributed by atoms with Crippen LogP contribution in [-0.2, 0) is 6.54 Å². The van der Waals surface area contributed by atoms with Crippen LogP contribution in [-0.4, -0.2) is 37.7 Å². The van der Waals surface area contributed by atoms with Crippen molar-refractivity contribution >= 4 is 11.8 Å². The van der Waals surface area contributed by atoms with Crippen molar-refractivity contribution in [2.24, 2.45) is 0 Å². The number of aromatic nitrogens is 4. The fraction of sp³-hybridized carbons (Fsp3) is 0.300. The van der Waals surface area contributed by atoms with E-state index in [1.807, 2.05) is 23.0 Å². The van der Waals surface area contributed by atoms with Gasteiger partial charge in [-0.05, 0) is 18.4 Å². The molecule has 1 N–H and O–H groups in total. The van der Waals surface area contributed by atoms with Gasteiger partial charge in [-0.15, -0.1) is 10.2 Å². The van der Waals surface area contributed by atoms with E-state index in [1.54, 1.807) is 12.4 Å². The molecular weight excluding hydrogens is 224 g/mol. The summed E-state index contributed by atoms with van der Waals surface area (Å²) in [5.74, 6) is 0.742. The second-order valence-electron chi connectivity index (χ2n) is 3.13. The first-order valence-electron chi connectivity index (χ1n) is 4.85. The maximum absolute atomic E-state index is 9.03. The molecule has 0 radical (unpaired) electrons. The highest BCUT2D eigenvalue weighted by molar-refractivity contribution is 7.98. The van der Waals surface area contributed by atoms with E-state index in [-0.39, 0.29) is 6.61 Å². The summed E-state index contributed by atoms with van der Waals surface area (Å²) in [7, 11) is 0. The van der Waals surface area contributed by atoms with Gasteiger partial charge in [-0.2, -0.15) is 0 Å². The largest absolute Gasteiger partial charge is 0.395 e. The van der Waals surface area contributed by atoms with Crippen molar-refractivity contribution in [1.82, 2.24) is 19.7 Å². The monoisotopic (exact) mass is 236 g/mol. The first-order valence-corrected chi connectivity index (χ1v) is 6.07. The SMILES string of the molecule is CSc1nnc(-c2cccnc2)n1CCO. The number of aliphatic hydroxyl groups excluding tert-OH is 1. The van der Waals surface area contributed by atoms with Gasteiger partial charge in [0.1, 0.15) is 0 Å². The van der Waals surface area contributed by atoms with Crippen molar-refractivity contribution in [3.05, 3.63) is 24.5 Å². The molecule has 84 valence electrons. The van der Waals surface area contributed by atoms with Crippen LogP contribution >= 0.6 is 11.8 Å². The van der Waals surface area contributed by atoms with Gasteiger partial charge in [-0.25, -0.2) is 0 Å². The van der Waals surface area contributed by atoms with Crippen LogP contribution in [0.3, 0.4) is 0 Å². The molecule has 0 atom stereocenters. The number of thioether (sulfide) groups is 1. The van der Waals surface area contributed by atoms with Gasteiger partial charge < -0.3 is 5.11 Å². The summed E-state index contributed by atoms with van der Waals surface area (Å²) in [4.78, 5) is 4.05. The minimum Gasteiger partial charge on any atom is -0.395 e. The molecule has 0 saturated carbocycles. The molecule has 0 aliphatic carbocycles. The molecule has 6 heteroatoms. The van der Waals surface area contributed by atoms with Crippen molar-refractivity contribution < 1.29 is 5.11 Å². The molecule has 0 spiro atoms. The predicted molar refractivity (Wildman–Crippen MR) is 62.1 cm³/mol. The third-order valence-corrected chi connectivity index (χ3v) is 2.81. The summed E-state index contributed by atoms with van der Waals surface area (Å²) in [6.45, 7) is 0.562. The number of rotatable bonds is 4. The number of aliphatic hydroxyl groups is 1. The molecule has 2 aromatic rings. The summed E-state index contributed by atoms with van der Waals surface area (Å²) in [5.41, 5.74) is 0.906. The Kier molecular flexibility index (Phi) is 3.53. The second kappa shape index (κ2) is 5.09. The fourth-order valence-corrected chi connectivity index (χ4v) is 1.97. The standard InChI is InChI=1S/C10H12N4OS/c1-16-10-13-12-9(14(10)5-6-15)8-3-2-4-11-7-8/h2-4,7,15H,5-6H2,1H3. The van der Waals surface area contributed by atoms with Gasteiger partial charge in [-0.1, -0.05) is 11.8 Å². The van der Waals surface area contributed by atoms with Gasteiger partial charge in [0.2, 0.25) is 0 Å². The van der Waals surface area contributed by atoms with Crippen LogP contribution < -0.4 is 0 Å². The Morgan fingerprint density at radius 2 is 2.31 bits per heavy atom. The van der Waals surface area contributed by atoms with Gasteiger partial charge in [0, 0.05) is 24.5 Å². The van der Waals surface area contributed by atoms with Gasteiger partial charge in [-0.3, -0.25) is 9.55 Å². The van der Waals surface area contributed by atoms with E-state index in [0.29, 0.717) is 6.54 Å². The van der Waals surface area contributed by atoms with Crippen LogP contribution in [0, 0.1) is 0 Å². The number of hydrogen-bond donors (Lipinski definition) is 1. The highest BCUT2D eigenvalue weighted by Gasteiger charge is 2.12. The first kappa shape index (κ1) is 11.1. The summed E-state index contributed by atoms with van der Waals surface area (Å²) < 4.78 is 1.89. The molecule has 0 unspecified atom stereocenters. The molecule has 0 aromatic carbocycles. The first-order chi connectivity index (χ1) is 7.86. The van der Waals surface area contributed by atoms with Crippen LogP contribution in [0.4, 0.5) is 0 Å². The van der Waals surface area contributed by atoms with Crippen LogP contribution in [0.15, 0.2) is 29.7 Å². The molecule has 0 aliphatic heterocycles. The number of nitrogens with zero attached hydrogens (tertiary/aromatic N) is 4. The Balaban J connectivity index is 2.44. The summed E-state index contributed by atoms with van der Waals surface area (Å²) in [5, 5.41) is 18.0. The summed E-state index contributed by atoms with van der Waals surface area (Å²) in [6, 6.07) is 3.78. The summed E-state index contributed by atoms with van der Waals surface area (Å²) in [6.07, 6.45) is 5.39.